The van der Waals surface area contributed by atoms with Crippen molar-refractivity contribution in [2.75, 3.05) is 7.11 Å². The fourth-order valence-electron chi connectivity index (χ4n) is 1.32. The summed E-state index contributed by atoms with van der Waals surface area (Å²) in [6, 6.07) is 8.08. The molecule has 0 aromatic heterocycles. The van der Waals surface area contributed by atoms with E-state index in [4.69, 9.17) is 4.74 Å². The highest BCUT2D eigenvalue weighted by atomic mass is 16.5. The predicted octanol–water partition coefficient (Wildman–Crippen LogP) is 3.67. The Morgan fingerprint density at radius 2 is 1.79 bits per heavy atom. The topological polar surface area (TPSA) is 9.23 Å². The van der Waals surface area contributed by atoms with Crippen molar-refractivity contribution in [3.8, 4) is 5.75 Å². The zero-order valence-electron chi connectivity index (χ0n) is 8.95. The van der Waals surface area contributed by atoms with Crippen molar-refractivity contribution in [1.82, 2.24) is 0 Å². The lowest BCUT2D eigenvalue weighted by Gasteiger charge is -2.03. The summed E-state index contributed by atoms with van der Waals surface area (Å²) in [5, 5.41) is 0. The third-order valence-electron chi connectivity index (χ3n) is 2.08. The number of benzene rings is 1. The first-order valence-corrected chi connectivity index (χ1v) is 4.75. The average molecular weight is 188 g/mol. The third kappa shape index (κ3) is 2.49. The second kappa shape index (κ2) is 5.28. The third-order valence-corrected chi connectivity index (χ3v) is 2.08. The molecule has 0 aliphatic heterocycles. The molecule has 1 rings (SSSR count). The van der Waals surface area contributed by atoms with E-state index in [9.17, 15) is 0 Å². The maximum absolute atomic E-state index is 5.11. The van der Waals surface area contributed by atoms with Gasteiger partial charge in [0.05, 0.1) is 7.11 Å². The number of ether oxygens (including phenoxy) is 1. The average Bonchev–Trinajstić information content (AvgIpc) is 2.26. The Morgan fingerprint density at radius 1 is 1.14 bits per heavy atom. The van der Waals surface area contributed by atoms with Gasteiger partial charge in [-0.2, -0.15) is 0 Å². The van der Waals surface area contributed by atoms with Gasteiger partial charge in [-0.1, -0.05) is 30.4 Å². The van der Waals surface area contributed by atoms with E-state index in [1.807, 2.05) is 32.1 Å². The summed E-state index contributed by atoms with van der Waals surface area (Å²) in [6.45, 7) is 4.06. The summed E-state index contributed by atoms with van der Waals surface area (Å²) in [6.07, 6.45) is 6.24. The molecule has 0 heterocycles. The first kappa shape index (κ1) is 10.6. The van der Waals surface area contributed by atoms with Crippen LogP contribution in [0.3, 0.4) is 0 Å². The van der Waals surface area contributed by atoms with Gasteiger partial charge in [-0.25, -0.2) is 0 Å². The molecule has 0 saturated carbocycles. The molecule has 0 fully saturated rings. The van der Waals surface area contributed by atoms with Crippen LogP contribution in [0.2, 0.25) is 0 Å². The summed E-state index contributed by atoms with van der Waals surface area (Å²) in [5.41, 5.74) is 2.45. The Hall–Kier alpha value is -1.50. The van der Waals surface area contributed by atoms with Crippen molar-refractivity contribution in [1.29, 1.82) is 0 Å². The van der Waals surface area contributed by atoms with Crippen LogP contribution in [0.25, 0.3) is 5.57 Å². The van der Waals surface area contributed by atoms with Crippen LogP contribution < -0.4 is 4.74 Å². The minimum absolute atomic E-state index is 0.893. The largest absolute Gasteiger partial charge is 0.497 e. The Balaban J connectivity index is 2.96. The Kier molecular flexibility index (Phi) is 3.99. The fraction of sp³-hybridized carbons (Fsp3) is 0.231. The molecule has 0 radical (unpaired) electrons. The number of rotatable bonds is 3. The van der Waals surface area contributed by atoms with Crippen molar-refractivity contribution in [2.45, 2.75) is 13.8 Å². The van der Waals surface area contributed by atoms with Gasteiger partial charge in [0.15, 0.2) is 0 Å². The molecule has 0 aliphatic carbocycles. The smallest absolute Gasteiger partial charge is 0.118 e. The quantitative estimate of drug-likeness (QED) is 0.657. The van der Waals surface area contributed by atoms with E-state index < -0.39 is 0 Å². The molecular weight excluding hydrogens is 172 g/mol. The summed E-state index contributed by atoms with van der Waals surface area (Å²) in [5.74, 6) is 0.893. The molecule has 14 heavy (non-hydrogen) atoms. The molecular formula is C13H16O. The Morgan fingerprint density at radius 3 is 2.21 bits per heavy atom. The van der Waals surface area contributed by atoms with Crippen molar-refractivity contribution >= 4 is 5.57 Å². The first-order chi connectivity index (χ1) is 6.81. The highest BCUT2D eigenvalue weighted by Gasteiger charge is 1.96. The van der Waals surface area contributed by atoms with E-state index in [1.54, 1.807) is 7.11 Å². The lowest BCUT2D eigenvalue weighted by atomic mass is 10.1. The molecule has 1 aromatic carbocycles. The van der Waals surface area contributed by atoms with E-state index in [-0.39, 0.29) is 0 Å². The van der Waals surface area contributed by atoms with Crippen molar-refractivity contribution in [3.05, 3.63) is 48.1 Å². The standard InChI is InChI=1S/C13H16O/c1-4-6-11(5-2)12-7-9-13(14-3)10-8-12/h4-10H,1-3H3. The van der Waals surface area contributed by atoms with Gasteiger partial charge in [0, 0.05) is 0 Å². The van der Waals surface area contributed by atoms with Crippen LogP contribution in [0.4, 0.5) is 0 Å². The van der Waals surface area contributed by atoms with Crippen LogP contribution in [0, 0.1) is 0 Å². The second-order valence-corrected chi connectivity index (χ2v) is 2.97. The highest BCUT2D eigenvalue weighted by Crippen LogP contribution is 2.19. The molecule has 1 heteroatoms. The van der Waals surface area contributed by atoms with Gasteiger partial charge >= 0.3 is 0 Å². The van der Waals surface area contributed by atoms with Gasteiger partial charge in [0.1, 0.15) is 5.75 Å². The van der Waals surface area contributed by atoms with Crippen LogP contribution in [0.5, 0.6) is 5.75 Å². The van der Waals surface area contributed by atoms with Crippen molar-refractivity contribution < 1.29 is 4.74 Å². The van der Waals surface area contributed by atoms with E-state index in [0.29, 0.717) is 0 Å². The SMILES string of the molecule is CC=CC(=CC)c1ccc(OC)cc1. The normalized spacial score (nSPS) is 12.1. The van der Waals surface area contributed by atoms with Gasteiger partial charge < -0.3 is 4.74 Å². The Bertz CT molecular complexity index is 331. The Labute approximate surface area is 85.7 Å². The predicted molar refractivity (Wildman–Crippen MR) is 61.5 cm³/mol. The summed E-state index contributed by atoms with van der Waals surface area (Å²) < 4.78 is 5.11. The number of hydrogen-bond acceptors (Lipinski definition) is 1. The van der Waals surface area contributed by atoms with Crippen LogP contribution in [0.1, 0.15) is 19.4 Å². The minimum Gasteiger partial charge on any atom is -0.497 e. The summed E-state index contributed by atoms with van der Waals surface area (Å²) in [4.78, 5) is 0. The maximum Gasteiger partial charge on any atom is 0.118 e. The molecule has 0 bridgehead atoms. The molecule has 0 N–H and O–H groups in total. The van der Waals surface area contributed by atoms with Gasteiger partial charge in [0.25, 0.3) is 0 Å². The molecule has 0 atom stereocenters. The fourth-order valence-corrected chi connectivity index (χ4v) is 1.32. The molecule has 1 nitrogen and oxygen atoms in total. The molecule has 0 spiro atoms. The monoisotopic (exact) mass is 188 g/mol. The minimum atomic E-state index is 0.893. The van der Waals surface area contributed by atoms with Gasteiger partial charge in [-0.3, -0.25) is 0 Å². The lowest BCUT2D eigenvalue weighted by Crippen LogP contribution is -1.84. The molecule has 74 valence electrons. The van der Waals surface area contributed by atoms with E-state index in [2.05, 4.69) is 24.3 Å². The highest BCUT2D eigenvalue weighted by molar-refractivity contribution is 5.73. The molecule has 0 unspecified atom stereocenters. The van der Waals surface area contributed by atoms with Crippen molar-refractivity contribution in [3.63, 3.8) is 0 Å². The molecule has 0 amide bonds. The van der Waals surface area contributed by atoms with Gasteiger partial charge in [-0.05, 0) is 37.1 Å². The van der Waals surface area contributed by atoms with Crippen LogP contribution in [-0.2, 0) is 0 Å². The van der Waals surface area contributed by atoms with E-state index in [1.165, 1.54) is 11.1 Å². The first-order valence-electron chi connectivity index (χ1n) is 4.75. The molecule has 0 aliphatic rings. The van der Waals surface area contributed by atoms with Crippen LogP contribution in [0.15, 0.2) is 42.5 Å². The summed E-state index contributed by atoms with van der Waals surface area (Å²) in [7, 11) is 1.68. The van der Waals surface area contributed by atoms with Gasteiger partial charge in [0.2, 0.25) is 0 Å². The summed E-state index contributed by atoms with van der Waals surface area (Å²) >= 11 is 0. The molecule has 0 saturated heterocycles. The van der Waals surface area contributed by atoms with Crippen molar-refractivity contribution in [2.24, 2.45) is 0 Å². The van der Waals surface area contributed by atoms with Gasteiger partial charge in [-0.15, -0.1) is 0 Å². The maximum atomic E-state index is 5.11. The second-order valence-electron chi connectivity index (χ2n) is 2.97. The van der Waals surface area contributed by atoms with Crippen LogP contribution in [-0.4, -0.2) is 7.11 Å². The molecule has 1 aromatic rings. The van der Waals surface area contributed by atoms with E-state index >= 15 is 0 Å². The van der Waals surface area contributed by atoms with Crippen LogP contribution >= 0.6 is 0 Å². The van der Waals surface area contributed by atoms with E-state index in [0.717, 1.165) is 5.75 Å². The lowest BCUT2D eigenvalue weighted by molar-refractivity contribution is 0.415. The number of hydrogen-bond donors (Lipinski definition) is 0. The zero-order chi connectivity index (χ0) is 10.4. The number of methoxy groups -OCH3 is 1. The number of allylic oxidation sites excluding steroid dienone is 4. The zero-order valence-corrected chi connectivity index (χ0v) is 8.95.